The highest BCUT2D eigenvalue weighted by Gasteiger charge is 2.37. The average Bonchev–Trinajstić information content (AvgIpc) is 3.06. The number of esters is 1. The van der Waals surface area contributed by atoms with E-state index in [4.69, 9.17) is 4.74 Å². The summed E-state index contributed by atoms with van der Waals surface area (Å²) in [4.78, 5) is 35.1. The number of fused-ring (bicyclic) bond motifs is 3. The summed E-state index contributed by atoms with van der Waals surface area (Å²) in [7, 11) is 0. The topological polar surface area (TPSA) is 75.3 Å². The van der Waals surface area contributed by atoms with Crippen LogP contribution in [0, 0.1) is 11.6 Å². The number of amides is 1. The third-order valence-electron chi connectivity index (χ3n) is 5.39. The van der Waals surface area contributed by atoms with Crippen LogP contribution in [0.5, 0.6) is 0 Å². The van der Waals surface area contributed by atoms with Crippen LogP contribution in [0.25, 0.3) is 16.5 Å². The molecular weight excluding hydrogens is 416 g/mol. The second-order valence-electron chi connectivity index (χ2n) is 8.74. The minimum Gasteiger partial charge on any atom is -0.459 e. The van der Waals surface area contributed by atoms with E-state index in [0.29, 0.717) is 5.69 Å². The van der Waals surface area contributed by atoms with Gasteiger partial charge in [0.15, 0.2) is 11.6 Å². The molecule has 0 saturated heterocycles. The summed E-state index contributed by atoms with van der Waals surface area (Å²) >= 11 is 0. The van der Waals surface area contributed by atoms with Crippen molar-refractivity contribution in [3.8, 4) is 0 Å². The number of hydrogen-bond acceptors (Lipinski definition) is 4. The molecule has 0 bridgehead atoms. The number of nitrogens with one attached hydrogen (secondary N) is 1. The highest BCUT2D eigenvalue weighted by Crippen LogP contribution is 2.40. The fourth-order valence-electron chi connectivity index (χ4n) is 4.07. The maximum atomic E-state index is 13.8. The van der Waals surface area contributed by atoms with Crippen molar-refractivity contribution in [2.75, 3.05) is 6.54 Å². The van der Waals surface area contributed by atoms with E-state index in [1.807, 2.05) is 19.9 Å². The van der Waals surface area contributed by atoms with Crippen molar-refractivity contribution < 1.29 is 23.1 Å². The minimum absolute atomic E-state index is 0.0235. The molecule has 1 aliphatic rings. The zero-order valence-electron chi connectivity index (χ0n) is 18.2. The Labute approximate surface area is 183 Å². The maximum Gasteiger partial charge on any atom is 0.342 e. The molecule has 0 atom stereocenters. The van der Waals surface area contributed by atoms with Gasteiger partial charge in [0.25, 0.3) is 5.91 Å². The predicted molar refractivity (Wildman–Crippen MR) is 116 cm³/mol. The number of aromatic nitrogens is 2. The Kier molecular flexibility index (Phi) is 5.32. The molecule has 8 heteroatoms. The Hall–Kier alpha value is -3.55. The lowest BCUT2D eigenvalue weighted by atomic mass is 9.82. The summed E-state index contributed by atoms with van der Waals surface area (Å²) < 4.78 is 32.6. The number of ether oxygens (including phenoxy) is 1. The molecule has 0 saturated carbocycles. The van der Waals surface area contributed by atoms with Crippen molar-refractivity contribution >= 4 is 28.4 Å². The SMILES string of the molecule is CC(C)OC(=O)C1=CN(C(=O)c2ccc(F)c(F)c2)CC(C)(C)c2c1[nH]c1ccncc21. The van der Waals surface area contributed by atoms with Gasteiger partial charge in [-0.05, 0) is 43.7 Å². The molecule has 166 valence electrons. The van der Waals surface area contributed by atoms with E-state index in [9.17, 15) is 18.4 Å². The van der Waals surface area contributed by atoms with Gasteiger partial charge in [0.1, 0.15) is 0 Å². The number of benzene rings is 1. The second kappa shape index (κ2) is 7.85. The number of H-pyrrole nitrogens is 1. The Morgan fingerprint density at radius 3 is 2.62 bits per heavy atom. The second-order valence-corrected chi connectivity index (χ2v) is 8.74. The van der Waals surface area contributed by atoms with Crippen molar-refractivity contribution in [2.24, 2.45) is 0 Å². The molecule has 1 aliphatic heterocycles. The van der Waals surface area contributed by atoms with Crippen LogP contribution in [-0.2, 0) is 14.9 Å². The summed E-state index contributed by atoms with van der Waals surface area (Å²) in [5, 5.41) is 0.831. The highest BCUT2D eigenvalue weighted by molar-refractivity contribution is 6.18. The zero-order chi connectivity index (χ0) is 23.2. The quantitative estimate of drug-likeness (QED) is 0.607. The third kappa shape index (κ3) is 3.77. The molecule has 2 aromatic heterocycles. The first-order chi connectivity index (χ1) is 15.1. The molecule has 3 heterocycles. The maximum absolute atomic E-state index is 13.8. The molecule has 0 fully saturated rings. The van der Waals surface area contributed by atoms with E-state index in [-0.39, 0.29) is 23.8 Å². The summed E-state index contributed by atoms with van der Waals surface area (Å²) in [6.07, 6.45) is 4.42. The van der Waals surface area contributed by atoms with E-state index >= 15 is 0 Å². The van der Waals surface area contributed by atoms with Gasteiger partial charge in [-0.25, -0.2) is 13.6 Å². The lowest BCUT2D eigenvalue weighted by Crippen LogP contribution is -2.37. The predicted octanol–water partition coefficient (Wildman–Crippen LogP) is 4.57. The number of pyridine rings is 1. The molecule has 0 radical (unpaired) electrons. The van der Waals surface area contributed by atoms with Crippen LogP contribution in [-0.4, -0.2) is 39.4 Å². The van der Waals surface area contributed by atoms with Gasteiger partial charge in [-0.2, -0.15) is 0 Å². The van der Waals surface area contributed by atoms with E-state index in [0.717, 1.165) is 28.6 Å². The Balaban J connectivity index is 1.89. The normalized spacial score (nSPS) is 15.3. The Morgan fingerprint density at radius 1 is 1.19 bits per heavy atom. The van der Waals surface area contributed by atoms with Crippen LogP contribution in [0.2, 0.25) is 0 Å². The summed E-state index contributed by atoms with van der Waals surface area (Å²) in [5.41, 5.74) is 1.72. The number of carbonyl (C=O) groups excluding carboxylic acids is 2. The third-order valence-corrected chi connectivity index (χ3v) is 5.39. The van der Waals surface area contributed by atoms with E-state index < -0.39 is 28.9 Å². The first kappa shape index (κ1) is 21.7. The monoisotopic (exact) mass is 439 g/mol. The van der Waals surface area contributed by atoms with Crippen LogP contribution >= 0.6 is 0 Å². The number of aromatic amines is 1. The average molecular weight is 439 g/mol. The molecule has 0 aliphatic carbocycles. The lowest BCUT2D eigenvalue weighted by Gasteiger charge is -2.29. The number of hydrogen-bond donors (Lipinski definition) is 1. The van der Waals surface area contributed by atoms with Crippen molar-refractivity contribution in [3.05, 3.63) is 71.3 Å². The van der Waals surface area contributed by atoms with Crippen LogP contribution in [0.1, 0.15) is 49.3 Å². The molecule has 6 nitrogen and oxygen atoms in total. The Morgan fingerprint density at radius 2 is 1.94 bits per heavy atom. The highest BCUT2D eigenvalue weighted by atomic mass is 19.2. The van der Waals surface area contributed by atoms with Crippen LogP contribution in [0.3, 0.4) is 0 Å². The zero-order valence-corrected chi connectivity index (χ0v) is 18.2. The molecule has 4 rings (SSSR count). The molecule has 1 amide bonds. The summed E-state index contributed by atoms with van der Waals surface area (Å²) in [6, 6.07) is 4.80. The van der Waals surface area contributed by atoms with E-state index in [2.05, 4.69) is 9.97 Å². The van der Waals surface area contributed by atoms with Gasteiger partial charge < -0.3 is 14.6 Å². The number of rotatable bonds is 3. The largest absolute Gasteiger partial charge is 0.459 e. The van der Waals surface area contributed by atoms with E-state index in [1.54, 1.807) is 26.2 Å². The first-order valence-corrected chi connectivity index (χ1v) is 10.2. The molecule has 1 aromatic carbocycles. The van der Waals surface area contributed by atoms with Crippen molar-refractivity contribution in [1.29, 1.82) is 0 Å². The van der Waals surface area contributed by atoms with E-state index in [1.165, 1.54) is 17.2 Å². The number of carbonyl (C=O) groups is 2. The van der Waals surface area contributed by atoms with Crippen molar-refractivity contribution in [3.63, 3.8) is 0 Å². The summed E-state index contributed by atoms with van der Waals surface area (Å²) in [5.74, 6) is -3.31. The molecule has 32 heavy (non-hydrogen) atoms. The van der Waals surface area contributed by atoms with Gasteiger partial charge >= 0.3 is 5.97 Å². The van der Waals surface area contributed by atoms with Crippen LogP contribution in [0.4, 0.5) is 8.78 Å². The van der Waals surface area contributed by atoms with Gasteiger partial charge in [0.2, 0.25) is 0 Å². The fourth-order valence-corrected chi connectivity index (χ4v) is 4.07. The number of halogens is 2. The van der Waals surface area contributed by atoms with Gasteiger partial charge in [0, 0.05) is 47.0 Å². The smallest absolute Gasteiger partial charge is 0.342 e. The Bertz CT molecular complexity index is 1260. The number of nitrogens with zero attached hydrogens (tertiary/aromatic N) is 2. The van der Waals surface area contributed by atoms with Gasteiger partial charge in [-0.3, -0.25) is 9.78 Å². The van der Waals surface area contributed by atoms with Crippen LogP contribution in [0.15, 0.2) is 42.9 Å². The molecule has 1 N–H and O–H groups in total. The van der Waals surface area contributed by atoms with Crippen molar-refractivity contribution in [2.45, 2.75) is 39.2 Å². The lowest BCUT2D eigenvalue weighted by molar-refractivity contribution is -0.140. The minimum atomic E-state index is -1.12. The molecule has 0 spiro atoms. The standard InChI is InChI=1S/C24H23F2N3O3/c1-13(2)32-23(31)16-11-29(22(30)14-5-6-17(25)18(26)9-14)12-24(3,4)20-15-10-27-8-7-19(15)28-21(16)20/h5-11,13,28H,12H2,1-4H3. The van der Waals surface area contributed by atoms with Gasteiger partial charge in [-0.15, -0.1) is 0 Å². The fraction of sp³-hybridized carbons (Fsp3) is 0.292. The van der Waals surface area contributed by atoms with Crippen LogP contribution < -0.4 is 0 Å². The van der Waals surface area contributed by atoms with Gasteiger partial charge in [0.05, 0.1) is 17.4 Å². The summed E-state index contributed by atoms with van der Waals surface area (Å²) in [6.45, 7) is 7.56. The molecule has 0 unspecified atom stereocenters. The molecule has 3 aromatic rings. The van der Waals surface area contributed by atoms with Gasteiger partial charge in [-0.1, -0.05) is 13.8 Å². The first-order valence-electron chi connectivity index (χ1n) is 10.2. The molecular formula is C24H23F2N3O3. The van der Waals surface area contributed by atoms with Crippen molar-refractivity contribution in [1.82, 2.24) is 14.9 Å².